The van der Waals surface area contributed by atoms with Gasteiger partial charge in [0.25, 0.3) is 5.91 Å². The van der Waals surface area contributed by atoms with Crippen LogP contribution < -0.4 is 19.5 Å². The molecule has 12 heteroatoms. The number of carbonyl (C=O) groups is 1. The first kappa shape index (κ1) is 22.6. The summed E-state index contributed by atoms with van der Waals surface area (Å²) in [7, 11) is -2.12. The molecule has 2 aliphatic heterocycles. The van der Waals surface area contributed by atoms with Crippen molar-refractivity contribution in [2.24, 2.45) is 0 Å². The van der Waals surface area contributed by atoms with E-state index in [0.717, 1.165) is 6.42 Å². The second-order valence-corrected chi connectivity index (χ2v) is 10.8. The number of carbonyl (C=O) groups excluding carboxylic acids is 1. The zero-order valence-electron chi connectivity index (χ0n) is 18.3. The van der Waals surface area contributed by atoms with E-state index in [2.05, 4.69) is 15.5 Å². The van der Waals surface area contributed by atoms with E-state index < -0.39 is 10.0 Å². The zero-order chi connectivity index (χ0) is 23.7. The number of methoxy groups -OCH3 is 1. The summed E-state index contributed by atoms with van der Waals surface area (Å²) in [5.41, 5.74) is 0.556. The van der Waals surface area contributed by atoms with E-state index in [1.807, 2.05) is 0 Å². The second kappa shape index (κ2) is 9.20. The van der Waals surface area contributed by atoms with Gasteiger partial charge < -0.3 is 19.5 Å². The lowest BCUT2D eigenvalue weighted by atomic mass is 10.0. The van der Waals surface area contributed by atoms with Crippen LogP contribution in [-0.2, 0) is 10.0 Å². The van der Waals surface area contributed by atoms with Crippen molar-refractivity contribution in [3.05, 3.63) is 52.5 Å². The first-order valence-corrected chi connectivity index (χ1v) is 12.9. The first-order valence-electron chi connectivity index (χ1n) is 10.6. The minimum absolute atomic E-state index is 0.133. The Hall–Kier alpha value is -3.22. The number of rotatable bonds is 6. The van der Waals surface area contributed by atoms with Gasteiger partial charge in [0.2, 0.25) is 21.8 Å². The molecule has 1 aromatic heterocycles. The molecule has 1 fully saturated rings. The summed E-state index contributed by atoms with van der Waals surface area (Å²) in [6.07, 6.45) is 1.46. The van der Waals surface area contributed by atoms with Gasteiger partial charge in [0, 0.05) is 30.8 Å². The third-order valence-corrected chi connectivity index (χ3v) is 8.66. The highest BCUT2D eigenvalue weighted by Crippen LogP contribution is 2.35. The first-order chi connectivity index (χ1) is 16.4. The second-order valence-electron chi connectivity index (χ2n) is 7.85. The monoisotopic (exact) mass is 502 g/mol. The van der Waals surface area contributed by atoms with Crippen LogP contribution in [0.3, 0.4) is 0 Å². The molecule has 10 nitrogen and oxygen atoms in total. The SMILES string of the molecule is COc1ccc(S(=O)(=O)N2CCC[C@@H](c3nnc(C(=O)Nc4ccc5c(c4)OCO5)s3)C2)cc1. The van der Waals surface area contributed by atoms with Crippen molar-refractivity contribution in [1.29, 1.82) is 0 Å². The van der Waals surface area contributed by atoms with Crippen LogP contribution in [0.25, 0.3) is 0 Å². The van der Waals surface area contributed by atoms with Gasteiger partial charge in [-0.3, -0.25) is 4.79 Å². The molecule has 1 atom stereocenters. The van der Waals surface area contributed by atoms with Gasteiger partial charge in [-0.25, -0.2) is 8.42 Å². The average molecular weight is 503 g/mol. The summed E-state index contributed by atoms with van der Waals surface area (Å²) in [5.74, 6) is 1.27. The number of ether oxygens (including phenoxy) is 3. The number of fused-ring (bicyclic) bond motifs is 1. The molecule has 0 aliphatic carbocycles. The zero-order valence-corrected chi connectivity index (χ0v) is 19.9. The third kappa shape index (κ3) is 4.43. The molecule has 3 heterocycles. The predicted molar refractivity (Wildman–Crippen MR) is 124 cm³/mol. The predicted octanol–water partition coefficient (Wildman–Crippen LogP) is 3.10. The maximum Gasteiger partial charge on any atom is 0.286 e. The maximum absolute atomic E-state index is 13.1. The van der Waals surface area contributed by atoms with E-state index in [9.17, 15) is 13.2 Å². The molecule has 1 N–H and O–H groups in total. The van der Waals surface area contributed by atoms with Crippen LogP contribution in [0, 0.1) is 0 Å². The van der Waals surface area contributed by atoms with Crippen LogP contribution in [0.5, 0.6) is 17.2 Å². The molecule has 5 rings (SSSR count). The molecule has 2 aliphatic rings. The smallest absolute Gasteiger partial charge is 0.286 e. The minimum Gasteiger partial charge on any atom is -0.497 e. The van der Waals surface area contributed by atoms with Gasteiger partial charge in [0.05, 0.1) is 12.0 Å². The van der Waals surface area contributed by atoms with Crippen molar-refractivity contribution in [3.63, 3.8) is 0 Å². The van der Waals surface area contributed by atoms with Crippen molar-refractivity contribution in [1.82, 2.24) is 14.5 Å². The van der Waals surface area contributed by atoms with E-state index >= 15 is 0 Å². The van der Waals surface area contributed by atoms with Crippen molar-refractivity contribution in [3.8, 4) is 17.2 Å². The Morgan fingerprint density at radius 2 is 1.94 bits per heavy atom. The van der Waals surface area contributed by atoms with Gasteiger partial charge in [-0.1, -0.05) is 11.3 Å². The highest BCUT2D eigenvalue weighted by Gasteiger charge is 2.33. The van der Waals surface area contributed by atoms with Gasteiger partial charge in [0.1, 0.15) is 10.8 Å². The number of nitrogens with one attached hydrogen (secondary N) is 1. The summed E-state index contributed by atoms with van der Waals surface area (Å²) >= 11 is 1.18. The lowest BCUT2D eigenvalue weighted by Gasteiger charge is -2.30. The molecule has 178 valence electrons. The van der Waals surface area contributed by atoms with Gasteiger partial charge in [-0.05, 0) is 49.2 Å². The number of amides is 1. The average Bonchev–Trinajstić information content (AvgIpc) is 3.54. The molecule has 1 amide bonds. The Bertz CT molecular complexity index is 1310. The van der Waals surface area contributed by atoms with E-state index in [4.69, 9.17) is 14.2 Å². The molecule has 0 spiro atoms. The van der Waals surface area contributed by atoms with Crippen molar-refractivity contribution in [2.75, 3.05) is 32.3 Å². The van der Waals surface area contributed by atoms with Gasteiger partial charge >= 0.3 is 0 Å². The van der Waals surface area contributed by atoms with E-state index in [1.165, 1.54) is 22.8 Å². The molecule has 1 saturated heterocycles. The van der Waals surface area contributed by atoms with Crippen LogP contribution in [0.2, 0.25) is 0 Å². The van der Waals surface area contributed by atoms with E-state index in [0.29, 0.717) is 40.9 Å². The van der Waals surface area contributed by atoms with Crippen LogP contribution in [0.15, 0.2) is 47.4 Å². The summed E-state index contributed by atoms with van der Waals surface area (Å²) in [5, 5.41) is 11.9. The van der Waals surface area contributed by atoms with Gasteiger partial charge in [0.15, 0.2) is 11.5 Å². The molecule has 34 heavy (non-hydrogen) atoms. The number of aromatic nitrogens is 2. The fraction of sp³-hybridized carbons (Fsp3) is 0.318. The molecule has 3 aromatic rings. The third-order valence-electron chi connectivity index (χ3n) is 5.70. The Morgan fingerprint density at radius 1 is 1.15 bits per heavy atom. The number of piperidine rings is 1. The molecular weight excluding hydrogens is 480 g/mol. The summed E-state index contributed by atoms with van der Waals surface area (Å²) < 4.78 is 43.5. The Kier molecular flexibility index (Phi) is 6.11. The maximum atomic E-state index is 13.1. The topological polar surface area (TPSA) is 120 Å². The minimum atomic E-state index is -3.65. The molecular formula is C22H22N4O6S2. The molecule has 0 radical (unpaired) electrons. The van der Waals surface area contributed by atoms with E-state index in [-0.39, 0.29) is 35.1 Å². The van der Waals surface area contributed by atoms with Gasteiger partial charge in [-0.15, -0.1) is 10.2 Å². The standard InChI is InChI=1S/C22H22N4O6S2/c1-30-16-5-7-17(8-6-16)34(28,29)26-10-2-3-14(12-26)21-24-25-22(33-21)20(27)23-15-4-9-18-19(11-15)32-13-31-18/h4-9,11,14H,2-3,10,12-13H2,1H3,(H,23,27)/t14-/m1/s1. The Morgan fingerprint density at radius 3 is 2.74 bits per heavy atom. The number of benzene rings is 2. The van der Waals surface area contributed by atoms with Gasteiger partial charge in [-0.2, -0.15) is 4.31 Å². The van der Waals surface area contributed by atoms with Crippen molar-refractivity contribution < 1.29 is 27.4 Å². The van der Waals surface area contributed by atoms with Crippen LogP contribution in [-0.4, -0.2) is 55.8 Å². The number of sulfonamides is 1. The Labute approximate surface area is 200 Å². The molecule has 0 saturated carbocycles. The number of anilines is 1. The number of hydrogen-bond donors (Lipinski definition) is 1. The van der Waals surface area contributed by atoms with Crippen LogP contribution in [0.1, 0.15) is 33.6 Å². The lowest BCUT2D eigenvalue weighted by Crippen LogP contribution is -2.39. The summed E-state index contributed by atoms with van der Waals surface area (Å²) in [6, 6.07) is 11.5. The Balaban J connectivity index is 1.27. The van der Waals surface area contributed by atoms with E-state index in [1.54, 1.807) is 42.5 Å². The lowest BCUT2D eigenvalue weighted by molar-refractivity contribution is 0.102. The van der Waals surface area contributed by atoms with Crippen molar-refractivity contribution >= 4 is 33.0 Å². The molecule has 2 aromatic carbocycles. The molecule has 0 bridgehead atoms. The number of hydrogen-bond acceptors (Lipinski definition) is 9. The summed E-state index contributed by atoms with van der Waals surface area (Å²) in [4.78, 5) is 12.9. The number of nitrogens with zero attached hydrogens (tertiary/aromatic N) is 3. The highest BCUT2D eigenvalue weighted by atomic mass is 32.2. The van der Waals surface area contributed by atoms with Crippen LogP contribution >= 0.6 is 11.3 Å². The van der Waals surface area contributed by atoms with Crippen LogP contribution in [0.4, 0.5) is 5.69 Å². The normalized spacial score (nSPS) is 18.0. The summed E-state index contributed by atoms with van der Waals surface area (Å²) in [6.45, 7) is 0.868. The molecule has 0 unspecified atom stereocenters. The quantitative estimate of drug-likeness (QED) is 0.546. The largest absolute Gasteiger partial charge is 0.497 e. The fourth-order valence-electron chi connectivity index (χ4n) is 3.91. The van der Waals surface area contributed by atoms with Crippen molar-refractivity contribution in [2.45, 2.75) is 23.7 Å². The highest BCUT2D eigenvalue weighted by molar-refractivity contribution is 7.89. The fourth-order valence-corrected chi connectivity index (χ4v) is 6.30.